The topological polar surface area (TPSA) is 75.1 Å². The molecular weight excluding hydrogens is 434 g/mol. The summed E-state index contributed by atoms with van der Waals surface area (Å²) in [6.07, 6.45) is 1.58. The molecule has 0 spiro atoms. The second-order valence-electron chi connectivity index (χ2n) is 6.82. The van der Waals surface area contributed by atoms with Gasteiger partial charge in [-0.1, -0.05) is 47.5 Å². The Morgan fingerprint density at radius 3 is 2.19 bits per heavy atom. The first-order valence-corrected chi connectivity index (χ1v) is 9.94. The van der Waals surface area contributed by atoms with Gasteiger partial charge in [-0.25, -0.2) is 14.2 Å². The first-order valence-electron chi connectivity index (χ1n) is 9.57. The van der Waals surface area contributed by atoms with Gasteiger partial charge in [-0.3, -0.25) is 0 Å². The zero-order valence-electron chi connectivity index (χ0n) is 16.9. The van der Waals surface area contributed by atoms with Gasteiger partial charge in [0.1, 0.15) is 11.6 Å². The predicted octanol–water partition coefficient (Wildman–Crippen LogP) is 5.97. The lowest BCUT2D eigenvalue weighted by molar-refractivity contribution is 0.587. The molecule has 0 amide bonds. The Kier molecular flexibility index (Phi) is 6.32. The lowest BCUT2D eigenvalue weighted by Gasteiger charge is -2.10. The fourth-order valence-corrected chi connectivity index (χ4v) is 2.91. The Hall–Kier alpha value is -3.91. The van der Waals surface area contributed by atoms with E-state index in [4.69, 9.17) is 11.6 Å². The van der Waals surface area contributed by atoms with Gasteiger partial charge in [-0.05, 0) is 48.9 Å². The van der Waals surface area contributed by atoms with Crippen molar-refractivity contribution < 1.29 is 8.78 Å². The van der Waals surface area contributed by atoms with Gasteiger partial charge >= 0.3 is 0 Å². The van der Waals surface area contributed by atoms with Crippen LogP contribution in [0, 0.1) is 18.6 Å². The number of aryl methyl sites for hydroxylation is 1. The number of benzene rings is 3. The number of hydrogen-bond donors (Lipinski definition) is 2. The molecule has 160 valence electrons. The molecule has 4 aromatic rings. The van der Waals surface area contributed by atoms with Crippen LogP contribution in [0.15, 0.2) is 71.8 Å². The number of halogens is 3. The lowest BCUT2D eigenvalue weighted by Crippen LogP contribution is -2.07. The third-order valence-electron chi connectivity index (χ3n) is 4.38. The first kappa shape index (κ1) is 21.3. The minimum absolute atomic E-state index is 0.0116. The minimum Gasteiger partial charge on any atom is -0.324 e. The van der Waals surface area contributed by atoms with E-state index in [1.807, 2.05) is 31.2 Å². The Morgan fingerprint density at radius 1 is 0.844 bits per heavy atom. The van der Waals surface area contributed by atoms with Gasteiger partial charge in [0, 0.05) is 10.7 Å². The molecule has 0 fully saturated rings. The molecule has 2 N–H and O–H groups in total. The average molecular weight is 451 g/mol. The number of nitrogens with zero attached hydrogens (tertiary/aromatic N) is 4. The summed E-state index contributed by atoms with van der Waals surface area (Å²) in [5, 5.41) is 7.66. The number of aromatic nitrogens is 3. The van der Waals surface area contributed by atoms with Crippen LogP contribution in [-0.4, -0.2) is 21.2 Å². The monoisotopic (exact) mass is 450 g/mol. The highest BCUT2D eigenvalue weighted by Crippen LogP contribution is 2.25. The zero-order valence-corrected chi connectivity index (χ0v) is 17.6. The molecule has 0 radical (unpaired) electrons. The van der Waals surface area contributed by atoms with Crippen LogP contribution in [0.5, 0.6) is 0 Å². The van der Waals surface area contributed by atoms with Crippen molar-refractivity contribution in [2.45, 2.75) is 6.92 Å². The molecule has 0 aliphatic heterocycles. The van der Waals surface area contributed by atoms with Crippen LogP contribution in [0.2, 0.25) is 5.02 Å². The van der Waals surface area contributed by atoms with E-state index in [1.54, 1.807) is 30.5 Å². The van der Waals surface area contributed by atoms with E-state index in [9.17, 15) is 8.78 Å². The smallest absolute Gasteiger partial charge is 0.248 e. The SMILES string of the molecule is Cc1ccc(/C=N/Nc2nc(Nc3ccc(Cl)cc3)nc(-c3c(F)cccc3F)n2)cc1. The van der Waals surface area contributed by atoms with Crippen molar-refractivity contribution in [3.05, 3.63) is 94.5 Å². The number of nitrogens with one attached hydrogen (secondary N) is 2. The van der Waals surface area contributed by atoms with Crippen LogP contribution < -0.4 is 10.7 Å². The maximum Gasteiger partial charge on any atom is 0.248 e. The summed E-state index contributed by atoms with van der Waals surface area (Å²) in [7, 11) is 0. The van der Waals surface area contributed by atoms with Crippen LogP contribution in [0.4, 0.5) is 26.4 Å². The molecule has 0 aliphatic carbocycles. The van der Waals surface area contributed by atoms with Gasteiger partial charge in [0.2, 0.25) is 11.9 Å². The minimum atomic E-state index is -0.789. The Balaban J connectivity index is 1.68. The van der Waals surface area contributed by atoms with E-state index in [2.05, 4.69) is 30.8 Å². The van der Waals surface area contributed by atoms with Gasteiger partial charge in [-0.2, -0.15) is 20.1 Å². The molecule has 0 aliphatic rings. The quantitative estimate of drug-likeness (QED) is 0.279. The second-order valence-corrected chi connectivity index (χ2v) is 7.25. The first-order chi connectivity index (χ1) is 15.5. The van der Waals surface area contributed by atoms with E-state index in [0.29, 0.717) is 10.7 Å². The van der Waals surface area contributed by atoms with Crippen LogP contribution in [0.1, 0.15) is 11.1 Å². The lowest BCUT2D eigenvalue weighted by atomic mass is 10.2. The second kappa shape index (κ2) is 9.49. The van der Waals surface area contributed by atoms with Crippen molar-refractivity contribution in [1.82, 2.24) is 15.0 Å². The highest BCUT2D eigenvalue weighted by atomic mass is 35.5. The highest BCUT2D eigenvalue weighted by molar-refractivity contribution is 6.30. The fourth-order valence-electron chi connectivity index (χ4n) is 2.78. The van der Waals surface area contributed by atoms with Crippen molar-refractivity contribution in [1.29, 1.82) is 0 Å². The van der Waals surface area contributed by atoms with Gasteiger partial charge in [0.25, 0.3) is 0 Å². The summed E-state index contributed by atoms with van der Waals surface area (Å²) in [4.78, 5) is 12.6. The maximum absolute atomic E-state index is 14.4. The average Bonchev–Trinajstić information content (AvgIpc) is 2.77. The summed E-state index contributed by atoms with van der Waals surface area (Å²) in [6, 6.07) is 18.1. The largest absolute Gasteiger partial charge is 0.324 e. The van der Waals surface area contributed by atoms with E-state index in [-0.39, 0.29) is 23.3 Å². The van der Waals surface area contributed by atoms with Crippen molar-refractivity contribution in [3.8, 4) is 11.4 Å². The number of hydrazone groups is 1. The molecule has 1 heterocycles. The third kappa shape index (κ3) is 5.22. The number of hydrogen-bond acceptors (Lipinski definition) is 6. The van der Waals surface area contributed by atoms with Crippen LogP contribution in [0.25, 0.3) is 11.4 Å². The molecule has 32 heavy (non-hydrogen) atoms. The Bertz CT molecular complexity index is 1240. The molecule has 6 nitrogen and oxygen atoms in total. The van der Waals surface area contributed by atoms with Gasteiger partial charge < -0.3 is 5.32 Å². The molecule has 0 unspecified atom stereocenters. The molecule has 0 atom stereocenters. The predicted molar refractivity (Wildman–Crippen MR) is 122 cm³/mol. The van der Waals surface area contributed by atoms with Crippen molar-refractivity contribution >= 4 is 35.4 Å². The van der Waals surface area contributed by atoms with Gasteiger partial charge in [-0.15, -0.1) is 0 Å². The van der Waals surface area contributed by atoms with E-state index in [0.717, 1.165) is 23.3 Å². The molecular formula is C23H17ClF2N6. The van der Waals surface area contributed by atoms with Crippen molar-refractivity contribution in [2.24, 2.45) is 5.10 Å². The number of rotatable bonds is 6. The standard InChI is InChI=1S/C23H17ClF2N6/c1-14-5-7-15(8-6-14)13-27-32-23-30-21(20-18(25)3-2-4-19(20)26)29-22(31-23)28-17-11-9-16(24)10-12-17/h2-13H,1H3,(H2,28,29,30,31,32)/b27-13+. The molecule has 9 heteroatoms. The van der Waals surface area contributed by atoms with Crippen molar-refractivity contribution in [3.63, 3.8) is 0 Å². The molecule has 0 saturated heterocycles. The normalized spacial score (nSPS) is 11.0. The molecule has 0 saturated carbocycles. The summed E-state index contributed by atoms with van der Waals surface area (Å²) in [5.41, 5.74) is 4.95. The Morgan fingerprint density at radius 2 is 1.50 bits per heavy atom. The van der Waals surface area contributed by atoms with E-state index in [1.165, 1.54) is 6.07 Å². The Labute approximate surface area is 188 Å². The maximum atomic E-state index is 14.4. The summed E-state index contributed by atoms with van der Waals surface area (Å²) < 4.78 is 28.7. The van der Waals surface area contributed by atoms with Gasteiger partial charge in [0.15, 0.2) is 5.82 Å². The third-order valence-corrected chi connectivity index (χ3v) is 4.63. The summed E-state index contributed by atoms with van der Waals surface area (Å²) in [5.74, 6) is -1.67. The van der Waals surface area contributed by atoms with E-state index < -0.39 is 11.6 Å². The molecule has 1 aromatic heterocycles. The van der Waals surface area contributed by atoms with Crippen LogP contribution >= 0.6 is 11.6 Å². The van der Waals surface area contributed by atoms with Gasteiger partial charge in [0.05, 0.1) is 11.8 Å². The molecule has 3 aromatic carbocycles. The van der Waals surface area contributed by atoms with E-state index >= 15 is 0 Å². The summed E-state index contributed by atoms with van der Waals surface area (Å²) >= 11 is 5.92. The highest BCUT2D eigenvalue weighted by Gasteiger charge is 2.17. The fraction of sp³-hybridized carbons (Fsp3) is 0.0435. The van der Waals surface area contributed by atoms with Crippen molar-refractivity contribution in [2.75, 3.05) is 10.7 Å². The number of anilines is 3. The molecule has 0 bridgehead atoms. The summed E-state index contributed by atoms with van der Waals surface area (Å²) in [6.45, 7) is 1.99. The van der Waals surface area contributed by atoms with Crippen LogP contribution in [0.3, 0.4) is 0 Å². The molecule has 4 rings (SSSR count). The zero-order chi connectivity index (χ0) is 22.5. The van der Waals surface area contributed by atoms with Crippen LogP contribution in [-0.2, 0) is 0 Å².